The third-order valence-electron chi connectivity index (χ3n) is 4.24. The first-order valence-electron chi connectivity index (χ1n) is 8.78. The molecule has 4 N–H and O–H groups in total. The smallest absolute Gasteiger partial charge is 0.294 e. The van der Waals surface area contributed by atoms with Gasteiger partial charge in [-0.1, -0.05) is 35.5 Å². The van der Waals surface area contributed by atoms with E-state index in [1.165, 1.54) is 16.8 Å². The normalized spacial score (nSPS) is 11.4. The van der Waals surface area contributed by atoms with E-state index in [0.717, 1.165) is 5.56 Å². The fraction of sp³-hybridized carbons (Fsp3) is 0.0526. The fourth-order valence-electron chi connectivity index (χ4n) is 2.73. The molecule has 4 aromatic rings. The predicted octanol–water partition coefficient (Wildman–Crippen LogP) is 1.76. The molecular formula is C19H16N8O3. The first kappa shape index (κ1) is 18.8. The van der Waals surface area contributed by atoms with Crippen LogP contribution in [0.15, 0.2) is 64.3 Å². The first-order valence-corrected chi connectivity index (χ1v) is 8.78. The van der Waals surface area contributed by atoms with Gasteiger partial charge in [0.15, 0.2) is 5.69 Å². The largest absolute Gasteiger partial charge is 0.508 e. The molecule has 0 aliphatic heterocycles. The van der Waals surface area contributed by atoms with E-state index in [2.05, 4.69) is 35.8 Å². The average Bonchev–Trinajstić information content (AvgIpc) is 3.38. The number of anilines is 1. The first-order chi connectivity index (χ1) is 14.5. The number of nitrogens with two attached hydrogens (primary N) is 1. The van der Waals surface area contributed by atoms with Gasteiger partial charge in [-0.2, -0.15) is 9.78 Å². The van der Waals surface area contributed by atoms with Crippen molar-refractivity contribution in [2.24, 2.45) is 5.10 Å². The molecule has 11 heteroatoms. The van der Waals surface area contributed by atoms with Gasteiger partial charge in [0.05, 0.1) is 5.71 Å². The number of amides is 1. The van der Waals surface area contributed by atoms with E-state index in [4.69, 9.17) is 5.73 Å². The van der Waals surface area contributed by atoms with Gasteiger partial charge in [-0.25, -0.2) is 10.1 Å². The van der Waals surface area contributed by atoms with Crippen LogP contribution in [0.3, 0.4) is 0 Å². The minimum atomic E-state index is -0.576. The van der Waals surface area contributed by atoms with Crippen LogP contribution in [0.1, 0.15) is 23.0 Å². The summed E-state index contributed by atoms with van der Waals surface area (Å²) < 4.78 is 5.93. The second kappa shape index (κ2) is 7.83. The summed E-state index contributed by atoms with van der Waals surface area (Å²) in [5.74, 6) is -0.316. The van der Waals surface area contributed by atoms with Crippen molar-refractivity contribution in [2.45, 2.75) is 6.92 Å². The summed E-state index contributed by atoms with van der Waals surface area (Å²) in [6.45, 7) is 1.73. The Kier molecular flexibility index (Phi) is 4.91. The quantitative estimate of drug-likeness (QED) is 0.335. The number of phenolic OH excluding ortho intramolecular Hbond substituents is 1. The molecule has 2 aromatic carbocycles. The van der Waals surface area contributed by atoms with Crippen LogP contribution in [0, 0.1) is 0 Å². The summed E-state index contributed by atoms with van der Waals surface area (Å²) in [5.41, 5.74) is 10.6. The Morgan fingerprint density at radius 2 is 1.87 bits per heavy atom. The minimum absolute atomic E-state index is 0.00485. The minimum Gasteiger partial charge on any atom is -0.508 e. The van der Waals surface area contributed by atoms with Crippen molar-refractivity contribution in [1.29, 1.82) is 0 Å². The zero-order chi connectivity index (χ0) is 21.1. The average molecular weight is 404 g/mol. The van der Waals surface area contributed by atoms with Crippen molar-refractivity contribution in [1.82, 2.24) is 30.7 Å². The van der Waals surface area contributed by atoms with E-state index in [-0.39, 0.29) is 23.1 Å². The number of carbonyl (C=O) groups excluding carboxylic acids is 1. The zero-order valence-corrected chi connectivity index (χ0v) is 15.7. The van der Waals surface area contributed by atoms with Gasteiger partial charge in [-0.15, -0.1) is 5.10 Å². The number of hydrazone groups is 1. The molecule has 0 bridgehead atoms. The number of carbonyl (C=O) groups is 1. The van der Waals surface area contributed by atoms with Crippen LogP contribution in [0.25, 0.3) is 17.1 Å². The Balaban J connectivity index is 1.69. The van der Waals surface area contributed by atoms with Crippen LogP contribution in [0.4, 0.5) is 5.82 Å². The number of phenols is 1. The van der Waals surface area contributed by atoms with Crippen molar-refractivity contribution in [3.8, 4) is 22.8 Å². The standard InChI is InChI=1S/C19H16N8O3/c1-11(12-7-9-14(28)10-8-12)21-23-19(29)15-16(13-5-3-2-4-6-13)27(26-22-15)18-17(20)24-30-25-18/h2-10,28H,1H3,(H2,20,24)(H,23,29). The summed E-state index contributed by atoms with van der Waals surface area (Å²) in [7, 11) is 0. The van der Waals surface area contributed by atoms with Crippen LogP contribution in [-0.2, 0) is 0 Å². The molecule has 0 saturated carbocycles. The number of benzene rings is 2. The van der Waals surface area contributed by atoms with E-state index < -0.39 is 5.91 Å². The summed E-state index contributed by atoms with van der Waals surface area (Å²) in [6.07, 6.45) is 0. The third kappa shape index (κ3) is 3.58. The molecule has 11 nitrogen and oxygen atoms in total. The van der Waals surface area contributed by atoms with Gasteiger partial charge in [-0.05, 0) is 47.1 Å². The molecule has 0 atom stereocenters. The topological polar surface area (TPSA) is 157 Å². The molecule has 150 valence electrons. The van der Waals surface area contributed by atoms with Gasteiger partial charge in [0.2, 0.25) is 11.6 Å². The second-order valence-electron chi connectivity index (χ2n) is 6.22. The Morgan fingerprint density at radius 3 is 2.53 bits per heavy atom. The van der Waals surface area contributed by atoms with E-state index in [0.29, 0.717) is 17.0 Å². The Hall–Kier alpha value is -4.54. The van der Waals surface area contributed by atoms with Crippen LogP contribution < -0.4 is 11.2 Å². The highest BCUT2D eigenvalue weighted by molar-refractivity contribution is 6.02. The molecule has 4 rings (SSSR count). The van der Waals surface area contributed by atoms with Gasteiger partial charge in [-0.3, -0.25) is 4.79 Å². The third-order valence-corrected chi connectivity index (χ3v) is 4.24. The predicted molar refractivity (Wildman–Crippen MR) is 107 cm³/mol. The van der Waals surface area contributed by atoms with E-state index in [1.54, 1.807) is 31.2 Å². The number of nitrogens with zero attached hydrogens (tertiary/aromatic N) is 6. The summed E-state index contributed by atoms with van der Waals surface area (Å²) >= 11 is 0. The number of hydrogen-bond donors (Lipinski definition) is 3. The van der Waals surface area contributed by atoms with Crippen molar-refractivity contribution in [2.75, 3.05) is 5.73 Å². The second-order valence-corrected chi connectivity index (χ2v) is 6.22. The maximum absolute atomic E-state index is 12.8. The molecule has 0 spiro atoms. The number of nitrogens with one attached hydrogen (secondary N) is 1. The number of aromatic nitrogens is 5. The van der Waals surface area contributed by atoms with Gasteiger partial charge in [0, 0.05) is 5.56 Å². The molecule has 2 aromatic heterocycles. The monoisotopic (exact) mass is 404 g/mol. The number of rotatable bonds is 5. The molecule has 2 heterocycles. The van der Waals surface area contributed by atoms with Gasteiger partial charge < -0.3 is 10.8 Å². The highest BCUT2D eigenvalue weighted by Crippen LogP contribution is 2.26. The lowest BCUT2D eigenvalue weighted by molar-refractivity contribution is 0.0950. The molecule has 0 aliphatic rings. The van der Waals surface area contributed by atoms with Crippen molar-refractivity contribution < 1.29 is 14.5 Å². The maximum atomic E-state index is 12.8. The van der Waals surface area contributed by atoms with E-state index in [1.807, 2.05) is 18.2 Å². The zero-order valence-electron chi connectivity index (χ0n) is 15.7. The lowest BCUT2D eigenvalue weighted by Crippen LogP contribution is -2.21. The molecule has 0 saturated heterocycles. The van der Waals surface area contributed by atoms with Crippen molar-refractivity contribution in [3.05, 3.63) is 65.9 Å². The highest BCUT2D eigenvalue weighted by atomic mass is 16.6. The maximum Gasteiger partial charge on any atom is 0.294 e. The lowest BCUT2D eigenvalue weighted by Gasteiger charge is -2.06. The van der Waals surface area contributed by atoms with Gasteiger partial charge in [0.25, 0.3) is 5.91 Å². The molecule has 1 amide bonds. The molecule has 0 fully saturated rings. The molecule has 0 radical (unpaired) electrons. The van der Waals surface area contributed by atoms with Crippen molar-refractivity contribution in [3.63, 3.8) is 0 Å². The van der Waals surface area contributed by atoms with E-state index in [9.17, 15) is 9.90 Å². The number of nitrogen functional groups attached to an aromatic ring is 1. The van der Waals surface area contributed by atoms with Gasteiger partial charge in [0.1, 0.15) is 11.4 Å². The Labute approximate surface area is 169 Å². The van der Waals surface area contributed by atoms with Crippen LogP contribution in [0.2, 0.25) is 0 Å². The Bertz CT molecular complexity index is 1210. The summed E-state index contributed by atoms with van der Waals surface area (Å²) in [5, 5.41) is 28.8. The Morgan fingerprint density at radius 1 is 1.13 bits per heavy atom. The van der Waals surface area contributed by atoms with Crippen LogP contribution >= 0.6 is 0 Å². The summed E-state index contributed by atoms with van der Waals surface area (Å²) in [6, 6.07) is 15.5. The lowest BCUT2D eigenvalue weighted by atomic mass is 10.1. The van der Waals surface area contributed by atoms with Gasteiger partial charge >= 0.3 is 0 Å². The fourth-order valence-corrected chi connectivity index (χ4v) is 2.73. The van der Waals surface area contributed by atoms with Crippen LogP contribution in [0.5, 0.6) is 5.75 Å². The summed E-state index contributed by atoms with van der Waals surface area (Å²) in [4.78, 5) is 12.8. The molecule has 30 heavy (non-hydrogen) atoms. The number of hydrogen-bond acceptors (Lipinski definition) is 9. The van der Waals surface area contributed by atoms with E-state index >= 15 is 0 Å². The van der Waals surface area contributed by atoms with Crippen molar-refractivity contribution >= 4 is 17.4 Å². The molecule has 0 aliphatic carbocycles. The number of aromatic hydroxyl groups is 1. The molecular weight excluding hydrogens is 388 g/mol. The van der Waals surface area contributed by atoms with Crippen LogP contribution in [-0.4, -0.2) is 42.0 Å². The molecule has 0 unspecified atom stereocenters. The SMILES string of the molecule is CC(=NNC(=O)c1nnn(-c2nonc2N)c1-c1ccccc1)c1ccc(O)cc1. The highest BCUT2D eigenvalue weighted by Gasteiger charge is 2.25.